The first-order chi connectivity index (χ1) is 10.9. The Hall–Kier alpha value is -2.16. The summed E-state index contributed by atoms with van der Waals surface area (Å²) in [6, 6.07) is 11.7. The summed E-state index contributed by atoms with van der Waals surface area (Å²) in [6.07, 6.45) is 0. The number of sulfonamides is 1. The number of non-ortho nitro benzene ring substituents is 1. The van der Waals surface area contributed by atoms with Crippen LogP contribution in [0.3, 0.4) is 0 Å². The molecular formula is C14H14ClN3O4S. The Morgan fingerprint density at radius 3 is 2.17 bits per heavy atom. The third-order valence-corrected chi connectivity index (χ3v) is 4.68. The number of hydrogen-bond donors (Lipinski definition) is 2. The van der Waals surface area contributed by atoms with E-state index in [4.69, 9.17) is 11.6 Å². The van der Waals surface area contributed by atoms with Crippen LogP contribution < -0.4 is 10.0 Å². The molecule has 0 aliphatic rings. The van der Waals surface area contributed by atoms with E-state index in [1.807, 2.05) is 0 Å². The highest BCUT2D eigenvalue weighted by atomic mass is 35.5. The molecule has 0 aromatic heterocycles. The monoisotopic (exact) mass is 355 g/mol. The van der Waals surface area contributed by atoms with E-state index in [1.54, 1.807) is 12.1 Å². The zero-order valence-corrected chi connectivity index (χ0v) is 13.5. The van der Waals surface area contributed by atoms with E-state index in [0.717, 1.165) is 0 Å². The van der Waals surface area contributed by atoms with Crippen LogP contribution in [-0.2, 0) is 10.0 Å². The lowest BCUT2D eigenvalue weighted by Gasteiger charge is -2.09. The molecule has 0 amide bonds. The van der Waals surface area contributed by atoms with Crippen LogP contribution in [0, 0.1) is 10.1 Å². The topological polar surface area (TPSA) is 101 Å². The van der Waals surface area contributed by atoms with Crippen LogP contribution in [0.25, 0.3) is 0 Å². The maximum absolute atomic E-state index is 12.0. The molecule has 23 heavy (non-hydrogen) atoms. The third kappa shape index (κ3) is 4.92. The zero-order valence-electron chi connectivity index (χ0n) is 11.9. The van der Waals surface area contributed by atoms with Crippen LogP contribution in [0.2, 0.25) is 5.02 Å². The molecule has 0 aliphatic heterocycles. The lowest BCUT2D eigenvalue weighted by Crippen LogP contribution is -2.28. The van der Waals surface area contributed by atoms with Crippen molar-refractivity contribution in [3.8, 4) is 0 Å². The number of benzene rings is 2. The maximum Gasteiger partial charge on any atom is 0.269 e. The standard InChI is InChI=1S/C14H14ClN3O4S/c15-11-1-7-14(8-2-11)23(21,22)17-10-9-16-12-3-5-13(6-4-12)18(19)20/h1-8,16-17H,9-10H2. The van der Waals surface area contributed by atoms with Crippen LogP contribution in [0.1, 0.15) is 0 Å². The van der Waals surface area contributed by atoms with Crippen LogP contribution in [-0.4, -0.2) is 26.4 Å². The molecule has 0 unspecified atom stereocenters. The quantitative estimate of drug-likeness (QED) is 0.451. The number of nitrogens with zero attached hydrogens (tertiary/aromatic N) is 1. The molecule has 0 saturated carbocycles. The first-order valence-electron chi connectivity index (χ1n) is 6.62. The van der Waals surface area contributed by atoms with Crippen LogP contribution in [0.15, 0.2) is 53.4 Å². The second-order valence-electron chi connectivity index (χ2n) is 4.58. The van der Waals surface area contributed by atoms with Crippen LogP contribution >= 0.6 is 11.6 Å². The number of nitro groups is 1. The number of hydrogen-bond acceptors (Lipinski definition) is 5. The van der Waals surface area contributed by atoms with E-state index in [2.05, 4.69) is 10.0 Å². The normalized spacial score (nSPS) is 11.2. The SMILES string of the molecule is O=[N+]([O-])c1ccc(NCCNS(=O)(=O)c2ccc(Cl)cc2)cc1. The van der Waals surface area contributed by atoms with Gasteiger partial charge in [-0.1, -0.05) is 11.6 Å². The van der Waals surface area contributed by atoms with Gasteiger partial charge in [-0.15, -0.1) is 0 Å². The second kappa shape index (κ2) is 7.40. The van der Waals surface area contributed by atoms with Crippen LogP contribution in [0.4, 0.5) is 11.4 Å². The van der Waals surface area contributed by atoms with Crippen molar-refractivity contribution in [3.05, 3.63) is 63.7 Å². The Morgan fingerprint density at radius 2 is 1.61 bits per heavy atom. The van der Waals surface area contributed by atoms with Gasteiger partial charge in [0, 0.05) is 35.9 Å². The average Bonchev–Trinajstić information content (AvgIpc) is 2.52. The highest BCUT2D eigenvalue weighted by molar-refractivity contribution is 7.89. The Morgan fingerprint density at radius 1 is 1.00 bits per heavy atom. The Balaban J connectivity index is 1.84. The summed E-state index contributed by atoms with van der Waals surface area (Å²) >= 11 is 5.72. The van der Waals surface area contributed by atoms with E-state index in [9.17, 15) is 18.5 Å². The smallest absolute Gasteiger partial charge is 0.269 e. The van der Waals surface area contributed by atoms with Crippen molar-refractivity contribution in [1.29, 1.82) is 0 Å². The fraction of sp³-hybridized carbons (Fsp3) is 0.143. The number of nitro benzene ring substituents is 1. The Labute approximate surface area is 138 Å². The van der Waals surface area contributed by atoms with Gasteiger partial charge >= 0.3 is 0 Å². The predicted molar refractivity (Wildman–Crippen MR) is 88.2 cm³/mol. The first-order valence-corrected chi connectivity index (χ1v) is 8.48. The molecule has 9 heteroatoms. The van der Waals surface area contributed by atoms with Crippen LogP contribution in [0.5, 0.6) is 0 Å². The molecule has 0 radical (unpaired) electrons. The van der Waals surface area contributed by atoms with E-state index < -0.39 is 14.9 Å². The van der Waals surface area contributed by atoms with Crippen molar-refractivity contribution >= 4 is 33.0 Å². The van der Waals surface area contributed by atoms with Crippen molar-refractivity contribution in [2.24, 2.45) is 0 Å². The van der Waals surface area contributed by atoms with Crippen molar-refractivity contribution < 1.29 is 13.3 Å². The number of nitrogens with one attached hydrogen (secondary N) is 2. The molecule has 122 valence electrons. The summed E-state index contributed by atoms with van der Waals surface area (Å²) in [6.45, 7) is 0.507. The summed E-state index contributed by atoms with van der Waals surface area (Å²) in [5.41, 5.74) is 0.667. The number of anilines is 1. The first kappa shape index (κ1) is 17.2. The summed E-state index contributed by atoms with van der Waals surface area (Å²) in [5.74, 6) is 0. The van der Waals surface area contributed by atoms with Gasteiger partial charge in [-0.3, -0.25) is 10.1 Å². The molecule has 0 bridgehead atoms. The second-order valence-corrected chi connectivity index (χ2v) is 6.79. The highest BCUT2D eigenvalue weighted by Crippen LogP contribution is 2.15. The molecule has 0 spiro atoms. The van der Waals surface area contributed by atoms with Gasteiger partial charge < -0.3 is 5.32 Å². The molecule has 2 aromatic rings. The minimum atomic E-state index is -3.59. The molecule has 0 atom stereocenters. The summed E-state index contributed by atoms with van der Waals surface area (Å²) in [7, 11) is -3.59. The molecule has 0 fully saturated rings. The van der Waals surface area contributed by atoms with Gasteiger partial charge in [0.25, 0.3) is 5.69 Å². The van der Waals surface area contributed by atoms with E-state index >= 15 is 0 Å². The van der Waals surface area contributed by atoms with Gasteiger partial charge in [0.15, 0.2) is 0 Å². The predicted octanol–water partition coefficient (Wildman–Crippen LogP) is 2.64. The van der Waals surface area contributed by atoms with Gasteiger partial charge in [0.1, 0.15) is 0 Å². The lowest BCUT2D eigenvalue weighted by atomic mass is 10.3. The van der Waals surface area contributed by atoms with Crippen molar-refractivity contribution in [3.63, 3.8) is 0 Å². The lowest BCUT2D eigenvalue weighted by molar-refractivity contribution is -0.384. The minimum Gasteiger partial charge on any atom is -0.384 e. The Bertz CT molecular complexity index is 777. The molecule has 7 nitrogen and oxygen atoms in total. The van der Waals surface area contributed by atoms with Crippen molar-refractivity contribution in [2.45, 2.75) is 4.90 Å². The van der Waals surface area contributed by atoms with E-state index in [0.29, 0.717) is 17.3 Å². The van der Waals surface area contributed by atoms with E-state index in [-0.39, 0.29) is 17.1 Å². The third-order valence-electron chi connectivity index (χ3n) is 2.95. The van der Waals surface area contributed by atoms with Gasteiger partial charge in [0.05, 0.1) is 9.82 Å². The summed E-state index contributed by atoms with van der Waals surface area (Å²) in [5, 5.41) is 14.0. The molecule has 2 aromatic carbocycles. The Kier molecular flexibility index (Phi) is 5.54. The van der Waals surface area contributed by atoms with Gasteiger partial charge in [-0.25, -0.2) is 13.1 Å². The zero-order chi connectivity index (χ0) is 16.9. The fourth-order valence-corrected chi connectivity index (χ4v) is 2.95. The molecule has 0 saturated heterocycles. The average molecular weight is 356 g/mol. The molecule has 2 rings (SSSR count). The number of rotatable bonds is 7. The van der Waals surface area contributed by atoms with Crippen molar-refractivity contribution in [2.75, 3.05) is 18.4 Å². The van der Waals surface area contributed by atoms with Gasteiger partial charge in [-0.05, 0) is 36.4 Å². The number of halogens is 1. The maximum atomic E-state index is 12.0. The highest BCUT2D eigenvalue weighted by Gasteiger charge is 2.12. The molecule has 0 aliphatic carbocycles. The van der Waals surface area contributed by atoms with Gasteiger partial charge in [0.2, 0.25) is 10.0 Å². The molecule has 2 N–H and O–H groups in total. The van der Waals surface area contributed by atoms with E-state index in [1.165, 1.54) is 36.4 Å². The minimum absolute atomic E-state index is 0.000934. The summed E-state index contributed by atoms with van der Waals surface area (Å²) in [4.78, 5) is 10.2. The largest absolute Gasteiger partial charge is 0.384 e. The fourth-order valence-electron chi connectivity index (χ4n) is 1.79. The molecule has 0 heterocycles. The summed E-state index contributed by atoms with van der Waals surface area (Å²) < 4.78 is 26.5. The van der Waals surface area contributed by atoms with Crippen molar-refractivity contribution in [1.82, 2.24) is 4.72 Å². The van der Waals surface area contributed by atoms with Gasteiger partial charge in [-0.2, -0.15) is 0 Å². The molecular weight excluding hydrogens is 342 g/mol.